The van der Waals surface area contributed by atoms with Gasteiger partial charge in [0.15, 0.2) is 11.6 Å². The summed E-state index contributed by atoms with van der Waals surface area (Å²) in [6.45, 7) is 19.7. The Morgan fingerprint density at radius 3 is 2.22 bits per heavy atom. The minimum atomic E-state index is -1.30. The first-order valence-corrected chi connectivity index (χ1v) is 23.4. The molecule has 5 rings (SSSR count). The van der Waals surface area contributed by atoms with Gasteiger partial charge in [-0.15, -0.1) is 11.6 Å². The van der Waals surface area contributed by atoms with Crippen molar-refractivity contribution in [2.75, 3.05) is 5.88 Å². The number of nitrogens with one attached hydrogen (secondary N) is 1. The number of halogens is 1. The van der Waals surface area contributed by atoms with Crippen LogP contribution in [0.15, 0.2) is 12.2 Å². The predicted octanol–water partition coefficient (Wildman–Crippen LogP) is 7.33. The fraction of sp³-hybridized carbons (Fsp3) is 0.891. The molecule has 13 heteroatoms. The van der Waals surface area contributed by atoms with Crippen molar-refractivity contribution < 1.29 is 53.4 Å². The monoisotopic (exact) mass is 854 g/mol. The molecule has 18 atom stereocenters. The van der Waals surface area contributed by atoms with Crippen molar-refractivity contribution in [2.45, 2.75) is 212 Å². The van der Waals surface area contributed by atoms with Crippen LogP contribution < -0.4 is 5.32 Å². The fourth-order valence-electron chi connectivity index (χ4n) is 11.1. The maximum Gasteiger partial charge on any atom is 0.309 e. The molecule has 5 aliphatic rings. The first-order valence-electron chi connectivity index (χ1n) is 22.8. The van der Waals surface area contributed by atoms with Crippen LogP contribution in [0.5, 0.6) is 0 Å². The van der Waals surface area contributed by atoms with E-state index in [1.54, 1.807) is 6.92 Å². The third-order valence-electron chi connectivity index (χ3n) is 15.3. The van der Waals surface area contributed by atoms with Gasteiger partial charge in [0.25, 0.3) is 0 Å². The van der Waals surface area contributed by atoms with Gasteiger partial charge in [-0.25, -0.2) is 0 Å². The van der Waals surface area contributed by atoms with Gasteiger partial charge in [0.2, 0.25) is 5.91 Å². The average molecular weight is 855 g/mol. The second kappa shape index (κ2) is 19.4. The second-order valence-corrected chi connectivity index (χ2v) is 19.7. The minimum Gasteiger partial charge on any atom is -0.481 e. The summed E-state index contributed by atoms with van der Waals surface area (Å²) < 4.78 is 34.4. The lowest BCUT2D eigenvalue weighted by atomic mass is 9.72. The molecule has 5 heterocycles. The Labute approximate surface area is 358 Å². The van der Waals surface area contributed by atoms with E-state index in [-0.39, 0.29) is 54.2 Å². The van der Waals surface area contributed by atoms with E-state index in [1.165, 1.54) is 0 Å². The normalized spacial score (nSPS) is 42.6. The Kier molecular flexibility index (Phi) is 15.9. The first kappa shape index (κ1) is 48.4. The lowest BCUT2D eigenvalue weighted by molar-refractivity contribution is -0.398. The van der Waals surface area contributed by atoms with Crippen LogP contribution in [0.4, 0.5) is 0 Å². The quantitative estimate of drug-likeness (QED) is 0.0906. The topological polar surface area (TPSA) is 170 Å². The van der Waals surface area contributed by atoms with Crippen LogP contribution in [0, 0.1) is 41.4 Å². The molecule has 5 aliphatic heterocycles. The minimum absolute atomic E-state index is 0.0131. The number of Topliss-reactive ketones (excluding diaryl/α,β-unsaturated/α-hetero) is 1. The SMILES string of the molecule is CC[C@@H](C(=O)[C@@H](C)[C@@H](O)[C@H](C)[C@@H]1O[C@@H]([C@@H](CC)C(=O)O)CC[C@@H]1C)[C@H]1O[C@]2(C=C[C@@H](NC(=O)CCCCl)[C@]3(CC[C@@](C)([C@H]4CC[C@](O)(CC)[C@H](C)O4)O3)O2)[C@H](C)C[C@@H]1C. The maximum atomic E-state index is 14.6. The highest BCUT2D eigenvalue weighted by Gasteiger charge is 2.63. The summed E-state index contributed by atoms with van der Waals surface area (Å²) in [6.07, 6.45) is 7.43. The number of aliphatic hydroxyl groups excluding tert-OH is 1. The van der Waals surface area contributed by atoms with E-state index in [9.17, 15) is 29.7 Å². The lowest BCUT2D eigenvalue weighted by Crippen LogP contribution is -2.65. The zero-order valence-corrected chi connectivity index (χ0v) is 38.2. The third kappa shape index (κ3) is 9.80. The first-order chi connectivity index (χ1) is 27.7. The number of alkyl halides is 1. The molecule has 1 amide bonds. The smallest absolute Gasteiger partial charge is 0.309 e. The van der Waals surface area contributed by atoms with Gasteiger partial charge in [0.05, 0.1) is 53.7 Å². The maximum absolute atomic E-state index is 14.6. The molecule has 0 aromatic heterocycles. The number of carbonyl (C=O) groups excluding carboxylic acids is 2. The highest BCUT2D eigenvalue weighted by Crippen LogP contribution is 2.54. The number of hydrogen-bond acceptors (Lipinski definition) is 10. The number of carboxylic acids is 1. The van der Waals surface area contributed by atoms with Crippen LogP contribution in [0.3, 0.4) is 0 Å². The number of hydrogen-bond donors (Lipinski definition) is 4. The van der Waals surface area contributed by atoms with Gasteiger partial charge in [-0.3, -0.25) is 14.4 Å². The highest BCUT2D eigenvalue weighted by atomic mass is 35.5. The van der Waals surface area contributed by atoms with Gasteiger partial charge in [-0.05, 0) is 96.0 Å². The van der Waals surface area contributed by atoms with Crippen molar-refractivity contribution >= 4 is 29.3 Å². The molecular weight excluding hydrogens is 778 g/mol. The summed E-state index contributed by atoms with van der Waals surface area (Å²) in [5, 5.41) is 36.0. The summed E-state index contributed by atoms with van der Waals surface area (Å²) in [5.41, 5.74) is -1.69. The number of aliphatic hydroxyl groups is 2. The van der Waals surface area contributed by atoms with Gasteiger partial charge >= 0.3 is 5.97 Å². The highest BCUT2D eigenvalue weighted by molar-refractivity contribution is 6.17. The Bertz CT molecular complexity index is 1500. The van der Waals surface area contributed by atoms with E-state index in [0.29, 0.717) is 70.1 Å². The van der Waals surface area contributed by atoms with Gasteiger partial charge in [-0.2, -0.15) is 0 Å². The van der Waals surface area contributed by atoms with Crippen LogP contribution in [0.1, 0.15) is 146 Å². The largest absolute Gasteiger partial charge is 0.481 e. The number of rotatable bonds is 16. The van der Waals surface area contributed by atoms with E-state index < -0.39 is 76.8 Å². The van der Waals surface area contributed by atoms with Crippen molar-refractivity contribution in [3.63, 3.8) is 0 Å². The van der Waals surface area contributed by atoms with E-state index in [2.05, 4.69) is 26.1 Å². The van der Waals surface area contributed by atoms with Crippen LogP contribution in [0.25, 0.3) is 0 Å². The third-order valence-corrected chi connectivity index (χ3v) is 15.6. The average Bonchev–Trinajstić information content (AvgIpc) is 3.54. The molecule has 2 spiro atoms. The van der Waals surface area contributed by atoms with Crippen LogP contribution in [-0.2, 0) is 38.1 Å². The summed E-state index contributed by atoms with van der Waals surface area (Å²) in [6, 6.07) is -0.632. The number of aliphatic carboxylic acids is 1. The molecule has 0 aromatic rings. The van der Waals surface area contributed by atoms with Gasteiger partial charge in [-0.1, -0.05) is 61.5 Å². The summed E-state index contributed by atoms with van der Waals surface area (Å²) in [5.74, 6) is -5.71. The van der Waals surface area contributed by atoms with Crippen molar-refractivity contribution in [1.82, 2.24) is 5.32 Å². The zero-order chi connectivity index (χ0) is 43.7. The molecule has 0 aliphatic carbocycles. The summed E-state index contributed by atoms with van der Waals surface area (Å²) >= 11 is 5.94. The van der Waals surface area contributed by atoms with Crippen molar-refractivity contribution in [2.24, 2.45) is 41.4 Å². The summed E-state index contributed by atoms with van der Waals surface area (Å²) in [4.78, 5) is 39.9. The lowest BCUT2D eigenvalue weighted by Gasteiger charge is -2.55. The molecule has 0 radical (unpaired) electrons. The molecular formula is C46H76ClNO11. The molecule has 4 saturated heterocycles. The molecule has 59 heavy (non-hydrogen) atoms. The molecule has 0 aromatic carbocycles. The van der Waals surface area contributed by atoms with E-state index in [1.807, 2.05) is 53.7 Å². The van der Waals surface area contributed by atoms with Crippen LogP contribution >= 0.6 is 11.6 Å². The second-order valence-electron chi connectivity index (χ2n) is 19.3. The standard InChI is InChI=1S/C46H76ClNO11/c1-11-32(42(52)53)34-17-16-26(4)40(56-34)30(8)38(50)29(7)39(51)33(12-2)41-27(5)25-28(6)45(57-41)21-18-35(48-37(49)15-14-24-47)46(59-45)23-22-43(10,58-46)36-19-20-44(54,13-3)31(9)55-36/h18,21,26-36,38,40-41,50,54H,11-17,19-20,22-25H2,1-10H3,(H,48,49)(H,52,53)/t26-,27-,28+,29-,30-,31-,32+,33-,34+,35+,36+,38+,40+,41-,43-,44+,45-,46-/m0/s1. The molecule has 338 valence electrons. The van der Waals surface area contributed by atoms with Crippen molar-refractivity contribution in [3.05, 3.63) is 12.2 Å². The summed E-state index contributed by atoms with van der Waals surface area (Å²) in [7, 11) is 0. The Balaban J connectivity index is 1.38. The zero-order valence-electron chi connectivity index (χ0n) is 37.4. The van der Waals surface area contributed by atoms with Crippen LogP contribution in [-0.4, -0.2) is 104 Å². The Hall–Kier alpha value is -1.64. The predicted molar refractivity (Wildman–Crippen MR) is 225 cm³/mol. The van der Waals surface area contributed by atoms with E-state index in [4.69, 9.17) is 35.3 Å². The number of carbonyl (C=O) groups is 3. The molecule has 4 fully saturated rings. The van der Waals surface area contributed by atoms with E-state index >= 15 is 0 Å². The van der Waals surface area contributed by atoms with Gasteiger partial charge < -0.3 is 44.3 Å². The number of ether oxygens (including phenoxy) is 5. The Morgan fingerprint density at radius 1 is 0.915 bits per heavy atom. The molecule has 0 bridgehead atoms. The number of amides is 1. The van der Waals surface area contributed by atoms with Crippen molar-refractivity contribution in [1.29, 1.82) is 0 Å². The van der Waals surface area contributed by atoms with E-state index in [0.717, 1.165) is 6.42 Å². The number of ketones is 1. The molecule has 0 unspecified atom stereocenters. The molecule has 4 N–H and O–H groups in total. The van der Waals surface area contributed by atoms with Gasteiger partial charge in [0.1, 0.15) is 11.8 Å². The van der Waals surface area contributed by atoms with Crippen molar-refractivity contribution in [3.8, 4) is 0 Å². The fourth-order valence-corrected chi connectivity index (χ4v) is 11.3. The Morgan fingerprint density at radius 2 is 1.61 bits per heavy atom. The van der Waals surface area contributed by atoms with Crippen LogP contribution in [0.2, 0.25) is 0 Å². The molecule has 12 nitrogen and oxygen atoms in total. The molecule has 0 saturated carbocycles. The van der Waals surface area contributed by atoms with Gasteiger partial charge in [0, 0.05) is 42.4 Å². The number of carboxylic acid groups (broad SMARTS) is 1.